The van der Waals surface area contributed by atoms with E-state index in [1.165, 1.54) is 24.8 Å². The summed E-state index contributed by atoms with van der Waals surface area (Å²) in [5.74, 6) is 0.411. The number of aryl methyl sites for hydroxylation is 1. The van der Waals surface area contributed by atoms with Crippen LogP contribution in [0.5, 0.6) is 5.75 Å². The van der Waals surface area contributed by atoms with Gasteiger partial charge in [-0.2, -0.15) is 0 Å². The van der Waals surface area contributed by atoms with E-state index in [-0.39, 0.29) is 10.8 Å². The van der Waals surface area contributed by atoms with E-state index in [1.54, 1.807) is 24.4 Å². The van der Waals surface area contributed by atoms with Crippen molar-refractivity contribution in [1.29, 1.82) is 0 Å². The summed E-state index contributed by atoms with van der Waals surface area (Å²) in [5.41, 5.74) is -0.360. The number of rotatable bonds is 1. The molecule has 0 saturated heterocycles. The lowest BCUT2D eigenvalue weighted by atomic mass is 10.00. The predicted molar refractivity (Wildman–Crippen MR) is 88.8 cm³/mol. The van der Waals surface area contributed by atoms with Crippen molar-refractivity contribution in [3.05, 3.63) is 61.3 Å². The van der Waals surface area contributed by atoms with E-state index in [0.717, 1.165) is 0 Å². The van der Waals surface area contributed by atoms with Crippen LogP contribution in [-0.2, 0) is 7.05 Å². The Kier molecular flexibility index (Phi) is 2.60. The molecule has 2 heterocycles. The van der Waals surface area contributed by atoms with Crippen molar-refractivity contribution in [3.63, 3.8) is 0 Å². The Balaban J connectivity index is 2.59. The van der Waals surface area contributed by atoms with E-state index in [1.807, 2.05) is 0 Å². The molecule has 0 amide bonds. The maximum Gasteiger partial charge on any atom is 0.299 e. The SMILES string of the molecule is COc1c2cccc(=O)c2c2[nH]ccc3c(=O)c(=O)n(C)c1c32. The molecule has 0 unspecified atom stereocenters. The molecule has 0 saturated carbocycles. The highest BCUT2D eigenvalue weighted by Crippen LogP contribution is 2.37. The van der Waals surface area contributed by atoms with Gasteiger partial charge in [0.05, 0.1) is 23.5 Å². The first-order valence-corrected chi connectivity index (χ1v) is 7.02. The lowest BCUT2D eigenvalue weighted by molar-refractivity contribution is 0.422. The first-order chi connectivity index (χ1) is 11.1. The van der Waals surface area contributed by atoms with Gasteiger partial charge in [0.15, 0.2) is 11.2 Å². The van der Waals surface area contributed by atoms with Gasteiger partial charge in [-0.25, -0.2) is 0 Å². The number of aromatic nitrogens is 2. The van der Waals surface area contributed by atoms with Crippen molar-refractivity contribution in [3.8, 4) is 5.75 Å². The standard InChI is InChI=1S/C17H12N2O4/c1-19-14-12-8(15(21)17(19)22)6-7-18-13(12)11-9(16(14)23-2)4-3-5-10(11)20/h3-7,18H,1-2H3. The second-order valence-corrected chi connectivity index (χ2v) is 5.40. The lowest BCUT2D eigenvalue weighted by Gasteiger charge is -2.15. The van der Waals surface area contributed by atoms with Crippen molar-refractivity contribution >= 4 is 32.6 Å². The number of H-pyrrole nitrogens is 1. The third kappa shape index (κ3) is 1.55. The summed E-state index contributed by atoms with van der Waals surface area (Å²) in [5, 5.41) is 1.86. The van der Waals surface area contributed by atoms with Crippen LogP contribution >= 0.6 is 0 Å². The normalized spacial score (nSPS) is 11.6. The fourth-order valence-electron chi connectivity index (χ4n) is 3.25. The molecule has 114 valence electrons. The molecule has 0 aliphatic carbocycles. The Morgan fingerprint density at radius 2 is 1.83 bits per heavy atom. The summed E-state index contributed by atoms with van der Waals surface area (Å²) >= 11 is 0. The van der Waals surface area contributed by atoms with Gasteiger partial charge in [0, 0.05) is 29.4 Å². The van der Waals surface area contributed by atoms with Gasteiger partial charge >= 0.3 is 0 Å². The van der Waals surface area contributed by atoms with Gasteiger partial charge in [0.25, 0.3) is 11.0 Å². The van der Waals surface area contributed by atoms with Gasteiger partial charge in [0.2, 0.25) is 0 Å². The zero-order valence-corrected chi connectivity index (χ0v) is 12.5. The molecule has 4 rings (SSSR count). The smallest absolute Gasteiger partial charge is 0.299 e. The molecule has 6 heteroatoms. The van der Waals surface area contributed by atoms with Gasteiger partial charge in [-0.15, -0.1) is 0 Å². The van der Waals surface area contributed by atoms with Crippen LogP contribution in [-0.4, -0.2) is 16.7 Å². The predicted octanol–water partition coefficient (Wildman–Crippen LogP) is 1.34. The summed E-state index contributed by atoms with van der Waals surface area (Å²) in [4.78, 5) is 40.0. The number of nitrogens with one attached hydrogen (secondary N) is 1. The Morgan fingerprint density at radius 3 is 2.57 bits per heavy atom. The largest absolute Gasteiger partial charge is 0.494 e. The van der Waals surface area contributed by atoms with Gasteiger partial charge in [-0.05, 0) is 12.1 Å². The number of pyridine rings is 2. The average Bonchev–Trinajstić information content (AvgIpc) is 2.56. The van der Waals surface area contributed by atoms with E-state index >= 15 is 0 Å². The molecule has 0 bridgehead atoms. The summed E-state index contributed by atoms with van der Waals surface area (Å²) in [6, 6.07) is 6.42. The van der Waals surface area contributed by atoms with Crippen LogP contribution in [0.2, 0.25) is 0 Å². The molecule has 0 atom stereocenters. The molecule has 0 radical (unpaired) electrons. The molecule has 23 heavy (non-hydrogen) atoms. The van der Waals surface area contributed by atoms with Crippen LogP contribution < -0.4 is 21.2 Å². The molecular formula is C17H12N2O4. The number of aromatic amines is 1. The molecule has 0 spiro atoms. The average molecular weight is 308 g/mol. The van der Waals surface area contributed by atoms with Crippen molar-refractivity contribution in [2.24, 2.45) is 7.05 Å². The Bertz CT molecular complexity index is 1270. The third-order valence-electron chi connectivity index (χ3n) is 4.25. The van der Waals surface area contributed by atoms with Crippen molar-refractivity contribution in [2.45, 2.75) is 0 Å². The molecule has 0 aliphatic rings. The second-order valence-electron chi connectivity index (χ2n) is 5.40. The van der Waals surface area contributed by atoms with E-state index in [2.05, 4.69) is 4.98 Å². The molecular weight excluding hydrogens is 296 g/mol. The topological polar surface area (TPSA) is 81.2 Å². The Hall–Kier alpha value is -3.15. The molecule has 0 fully saturated rings. The van der Waals surface area contributed by atoms with E-state index in [4.69, 9.17) is 4.74 Å². The van der Waals surface area contributed by atoms with Crippen LogP contribution in [0.25, 0.3) is 32.6 Å². The van der Waals surface area contributed by atoms with Crippen LogP contribution in [0.1, 0.15) is 0 Å². The van der Waals surface area contributed by atoms with Gasteiger partial charge in [-0.3, -0.25) is 14.4 Å². The zero-order chi connectivity index (χ0) is 16.3. The van der Waals surface area contributed by atoms with Gasteiger partial charge in [0.1, 0.15) is 0 Å². The first kappa shape index (κ1) is 13.5. The molecule has 4 aromatic rings. The minimum atomic E-state index is -0.624. The van der Waals surface area contributed by atoms with E-state index in [0.29, 0.717) is 32.9 Å². The molecule has 6 nitrogen and oxygen atoms in total. The number of hydrogen-bond donors (Lipinski definition) is 1. The van der Waals surface area contributed by atoms with Gasteiger partial charge in [-0.1, -0.05) is 12.1 Å². The van der Waals surface area contributed by atoms with Crippen LogP contribution in [0.3, 0.4) is 0 Å². The summed E-state index contributed by atoms with van der Waals surface area (Å²) < 4.78 is 6.78. The van der Waals surface area contributed by atoms with E-state index < -0.39 is 11.0 Å². The third-order valence-corrected chi connectivity index (χ3v) is 4.25. The van der Waals surface area contributed by atoms with Gasteiger partial charge < -0.3 is 14.3 Å². The highest BCUT2D eigenvalue weighted by Gasteiger charge is 2.20. The molecule has 2 aromatic heterocycles. The van der Waals surface area contributed by atoms with Crippen LogP contribution in [0.15, 0.2) is 44.8 Å². The molecule has 0 aliphatic heterocycles. The number of benzene rings is 2. The zero-order valence-electron chi connectivity index (χ0n) is 12.5. The summed E-state index contributed by atoms with van der Waals surface area (Å²) in [6.45, 7) is 0. The lowest BCUT2D eigenvalue weighted by Crippen LogP contribution is -2.33. The fraction of sp³-hybridized carbons (Fsp3) is 0.118. The van der Waals surface area contributed by atoms with Crippen LogP contribution in [0, 0.1) is 0 Å². The monoisotopic (exact) mass is 308 g/mol. The minimum absolute atomic E-state index is 0.173. The number of hydrogen-bond acceptors (Lipinski definition) is 4. The number of ether oxygens (including phenoxy) is 1. The highest BCUT2D eigenvalue weighted by atomic mass is 16.5. The van der Waals surface area contributed by atoms with Crippen molar-refractivity contribution < 1.29 is 4.74 Å². The summed E-state index contributed by atoms with van der Waals surface area (Å²) in [6.07, 6.45) is 1.57. The highest BCUT2D eigenvalue weighted by molar-refractivity contribution is 6.21. The number of methoxy groups -OCH3 is 1. The fourth-order valence-corrected chi connectivity index (χ4v) is 3.25. The molecule has 1 N–H and O–H groups in total. The van der Waals surface area contributed by atoms with Crippen molar-refractivity contribution in [1.82, 2.24) is 9.55 Å². The maximum atomic E-state index is 12.4. The Labute approximate surface area is 128 Å². The quantitative estimate of drug-likeness (QED) is 0.327. The second kappa shape index (κ2) is 4.42. The Morgan fingerprint density at radius 1 is 1.04 bits per heavy atom. The maximum absolute atomic E-state index is 12.4. The van der Waals surface area contributed by atoms with Crippen molar-refractivity contribution in [2.75, 3.05) is 7.11 Å². The summed E-state index contributed by atoms with van der Waals surface area (Å²) in [7, 11) is 3.01. The molecule has 2 aromatic carbocycles. The van der Waals surface area contributed by atoms with E-state index in [9.17, 15) is 14.4 Å². The number of fused-ring (bicyclic) bond motifs is 2. The minimum Gasteiger partial charge on any atom is -0.494 e. The first-order valence-electron chi connectivity index (χ1n) is 7.02. The number of nitrogens with zero attached hydrogens (tertiary/aromatic N) is 1. The van der Waals surface area contributed by atoms with Crippen LogP contribution in [0.4, 0.5) is 0 Å².